The van der Waals surface area contributed by atoms with Crippen LogP contribution in [0.25, 0.3) is 11.3 Å². The minimum absolute atomic E-state index is 0.156. The van der Waals surface area contributed by atoms with E-state index in [2.05, 4.69) is 34.8 Å². The highest BCUT2D eigenvalue weighted by molar-refractivity contribution is 5.83. The number of aliphatic hydroxyl groups is 1. The third-order valence-corrected chi connectivity index (χ3v) is 6.69. The maximum atomic E-state index is 10.6. The van der Waals surface area contributed by atoms with E-state index < -0.39 is 5.60 Å². The quantitative estimate of drug-likeness (QED) is 0.655. The molecule has 0 aliphatic heterocycles. The molecule has 7 nitrogen and oxygen atoms in total. The van der Waals surface area contributed by atoms with Crippen LogP contribution in [0.4, 0.5) is 11.5 Å². The molecule has 2 aliphatic rings. The number of nitrogens with zero attached hydrogens (tertiary/aromatic N) is 3. The van der Waals surface area contributed by atoms with Crippen molar-refractivity contribution in [3.05, 3.63) is 29.6 Å². The number of hydrogen-bond acceptors (Lipinski definition) is 7. The monoisotopic (exact) mass is 439 g/mol. The summed E-state index contributed by atoms with van der Waals surface area (Å²) >= 11 is 0. The second-order valence-corrected chi connectivity index (χ2v) is 10.8. The molecule has 32 heavy (non-hydrogen) atoms. The molecule has 2 aromatic rings. The van der Waals surface area contributed by atoms with Crippen molar-refractivity contribution in [1.82, 2.24) is 9.97 Å². The molecule has 0 saturated heterocycles. The largest absolute Gasteiger partial charge is 0.488 e. The van der Waals surface area contributed by atoms with Crippen LogP contribution in [-0.2, 0) is 11.8 Å². The Kier molecular flexibility index (Phi) is 5.84. The number of nitrogens with two attached hydrogens (primary N) is 2. The first-order chi connectivity index (χ1) is 15.0. The Hall–Kier alpha value is -2.38. The van der Waals surface area contributed by atoms with Crippen LogP contribution in [0, 0.1) is 0 Å². The number of rotatable bonds is 5. The van der Waals surface area contributed by atoms with Gasteiger partial charge in [0.25, 0.3) is 0 Å². The molecule has 0 radical (unpaired) electrons. The summed E-state index contributed by atoms with van der Waals surface area (Å²) in [6, 6.07) is 4.42. The summed E-state index contributed by atoms with van der Waals surface area (Å²) in [4.78, 5) is 11.0. The number of ether oxygens (including phenoxy) is 1. The van der Waals surface area contributed by atoms with E-state index in [1.54, 1.807) is 0 Å². The van der Waals surface area contributed by atoms with E-state index in [0.717, 1.165) is 60.4 Å². The van der Waals surface area contributed by atoms with Crippen LogP contribution in [0.3, 0.4) is 0 Å². The van der Waals surface area contributed by atoms with Crippen LogP contribution >= 0.6 is 0 Å². The predicted molar refractivity (Wildman–Crippen MR) is 129 cm³/mol. The molecule has 1 fully saturated rings. The van der Waals surface area contributed by atoms with Gasteiger partial charge in [0.2, 0.25) is 0 Å². The van der Waals surface area contributed by atoms with E-state index in [0.29, 0.717) is 12.4 Å². The van der Waals surface area contributed by atoms with Crippen LogP contribution in [0.5, 0.6) is 5.75 Å². The summed E-state index contributed by atoms with van der Waals surface area (Å²) in [7, 11) is 2.02. The van der Waals surface area contributed by atoms with E-state index in [1.165, 1.54) is 11.9 Å². The van der Waals surface area contributed by atoms with Crippen molar-refractivity contribution in [3.63, 3.8) is 0 Å². The van der Waals surface area contributed by atoms with Gasteiger partial charge in [-0.1, -0.05) is 13.8 Å². The highest BCUT2D eigenvalue weighted by Crippen LogP contribution is 2.49. The SMILES string of the molecule is CN(CC(C)(C)O)c1c(OC2CCC(N)CC2)ccc2c1CC(C)(C)c1c(N)ncnc1-2. The number of likely N-dealkylation sites (N-methyl/N-ethyl adjacent to an activating group) is 1. The molecule has 0 unspecified atom stereocenters. The lowest BCUT2D eigenvalue weighted by atomic mass is 9.71. The second kappa shape index (κ2) is 8.19. The van der Waals surface area contributed by atoms with Gasteiger partial charge in [-0.15, -0.1) is 0 Å². The topological polar surface area (TPSA) is 111 Å². The van der Waals surface area contributed by atoms with Crippen LogP contribution in [0.15, 0.2) is 18.5 Å². The Morgan fingerprint density at radius 2 is 1.88 bits per heavy atom. The van der Waals surface area contributed by atoms with E-state index in [-0.39, 0.29) is 17.6 Å². The number of aromatic nitrogens is 2. The van der Waals surface area contributed by atoms with E-state index in [1.807, 2.05) is 27.0 Å². The van der Waals surface area contributed by atoms with Gasteiger partial charge in [0.05, 0.1) is 23.1 Å². The molecule has 2 aliphatic carbocycles. The average Bonchev–Trinajstić information content (AvgIpc) is 2.67. The van der Waals surface area contributed by atoms with Crippen molar-refractivity contribution in [2.24, 2.45) is 5.73 Å². The molecular formula is C25H37N5O2. The Morgan fingerprint density at radius 1 is 1.19 bits per heavy atom. The van der Waals surface area contributed by atoms with Crippen molar-refractivity contribution < 1.29 is 9.84 Å². The van der Waals surface area contributed by atoms with Crippen LogP contribution in [0.1, 0.15) is 64.5 Å². The maximum absolute atomic E-state index is 10.6. The Bertz CT molecular complexity index is 991. The fourth-order valence-corrected chi connectivity index (χ4v) is 5.38. The van der Waals surface area contributed by atoms with Gasteiger partial charge in [0.1, 0.15) is 17.9 Å². The lowest BCUT2D eigenvalue weighted by molar-refractivity contribution is 0.0882. The first-order valence-corrected chi connectivity index (χ1v) is 11.6. The minimum atomic E-state index is -0.846. The Labute approximate surface area is 191 Å². The molecule has 0 atom stereocenters. The van der Waals surface area contributed by atoms with Crippen molar-refractivity contribution in [3.8, 4) is 17.0 Å². The molecule has 7 heteroatoms. The van der Waals surface area contributed by atoms with E-state index in [4.69, 9.17) is 16.2 Å². The lowest BCUT2D eigenvalue weighted by Gasteiger charge is -2.38. The number of fused-ring (bicyclic) bond motifs is 3. The zero-order valence-electron chi connectivity index (χ0n) is 20.0. The summed E-state index contributed by atoms with van der Waals surface area (Å²) in [5.41, 5.74) is 16.5. The first kappa shape index (κ1) is 22.8. The highest BCUT2D eigenvalue weighted by Gasteiger charge is 2.37. The molecule has 5 N–H and O–H groups in total. The Morgan fingerprint density at radius 3 is 2.53 bits per heavy atom. The van der Waals surface area contributed by atoms with Crippen LogP contribution < -0.4 is 21.1 Å². The predicted octanol–water partition coefficient (Wildman–Crippen LogP) is 3.42. The second-order valence-electron chi connectivity index (χ2n) is 10.8. The molecule has 4 rings (SSSR count). The third kappa shape index (κ3) is 4.41. The number of nitrogen functional groups attached to an aromatic ring is 1. The van der Waals surface area contributed by atoms with Gasteiger partial charge >= 0.3 is 0 Å². The number of benzene rings is 1. The lowest BCUT2D eigenvalue weighted by Crippen LogP contribution is -2.38. The summed E-state index contributed by atoms with van der Waals surface area (Å²) in [6.45, 7) is 8.51. The van der Waals surface area contributed by atoms with Gasteiger partial charge < -0.3 is 26.2 Å². The molecule has 174 valence electrons. The first-order valence-electron chi connectivity index (χ1n) is 11.6. The van der Waals surface area contributed by atoms with Gasteiger partial charge in [-0.3, -0.25) is 0 Å². The molecule has 0 bridgehead atoms. The molecular weight excluding hydrogens is 402 g/mol. The number of anilines is 2. The summed E-state index contributed by atoms with van der Waals surface area (Å²) in [5, 5.41) is 10.6. The zero-order chi connectivity index (χ0) is 23.3. The van der Waals surface area contributed by atoms with Crippen LogP contribution in [0.2, 0.25) is 0 Å². The zero-order valence-corrected chi connectivity index (χ0v) is 20.0. The average molecular weight is 440 g/mol. The summed E-state index contributed by atoms with van der Waals surface area (Å²) < 4.78 is 6.58. The molecule has 0 spiro atoms. The van der Waals surface area contributed by atoms with Crippen molar-refractivity contribution in [2.45, 2.75) is 83.0 Å². The van der Waals surface area contributed by atoms with E-state index >= 15 is 0 Å². The smallest absolute Gasteiger partial charge is 0.143 e. The summed E-state index contributed by atoms with van der Waals surface area (Å²) in [5.74, 6) is 1.40. The van der Waals surface area contributed by atoms with Gasteiger partial charge in [-0.05, 0) is 69.1 Å². The third-order valence-electron chi connectivity index (χ3n) is 6.69. The van der Waals surface area contributed by atoms with E-state index in [9.17, 15) is 5.11 Å². The minimum Gasteiger partial charge on any atom is -0.488 e. The van der Waals surface area contributed by atoms with Crippen LogP contribution in [-0.4, -0.2) is 46.4 Å². The highest BCUT2D eigenvalue weighted by atomic mass is 16.5. The standard InChI is InChI=1S/C25H37N5O2/c1-24(2)12-18-17(21-20(24)23(27)29-14-28-21)10-11-19(22(18)30(5)13-25(3,4)31)32-16-8-6-15(26)7-9-16/h10-11,14-16,31H,6-9,12-13,26H2,1-5H3,(H2,27,28,29). The van der Waals surface area contributed by atoms with Crippen molar-refractivity contribution >= 4 is 11.5 Å². The van der Waals surface area contributed by atoms with Gasteiger partial charge in [0.15, 0.2) is 0 Å². The van der Waals surface area contributed by atoms with Gasteiger partial charge in [-0.2, -0.15) is 0 Å². The fraction of sp³-hybridized carbons (Fsp3) is 0.600. The van der Waals surface area contributed by atoms with Gasteiger partial charge in [0, 0.05) is 30.8 Å². The molecule has 1 aromatic heterocycles. The van der Waals surface area contributed by atoms with Gasteiger partial charge in [-0.25, -0.2) is 9.97 Å². The molecule has 1 saturated carbocycles. The molecule has 1 aromatic carbocycles. The molecule has 1 heterocycles. The van der Waals surface area contributed by atoms with Crippen molar-refractivity contribution in [1.29, 1.82) is 0 Å². The number of hydrogen-bond donors (Lipinski definition) is 3. The molecule has 0 amide bonds. The normalized spacial score (nSPS) is 22.1. The fourth-order valence-electron chi connectivity index (χ4n) is 5.38. The Balaban J connectivity index is 1.83. The summed E-state index contributed by atoms with van der Waals surface area (Å²) in [6.07, 6.45) is 6.38. The maximum Gasteiger partial charge on any atom is 0.143 e. The van der Waals surface area contributed by atoms with Crippen molar-refractivity contribution in [2.75, 3.05) is 24.2 Å².